The highest BCUT2D eigenvalue weighted by atomic mass is 33.1. The first-order valence-corrected chi connectivity index (χ1v) is 7.35. The summed E-state index contributed by atoms with van der Waals surface area (Å²) in [5.74, 6) is -1.39. The lowest BCUT2D eigenvalue weighted by Gasteiger charge is -2.06. The third-order valence-corrected chi connectivity index (χ3v) is 5.32. The first-order chi connectivity index (χ1) is 7.43. The van der Waals surface area contributed by atoms with Crippen LogP contribution >= 0.6 is 10.8 Å². The summed E-state index contributed by atoms with van der Waals surface area (Å²) < 4.78 is 23.3. The Morgan fingerprint density at radius 1 is 1.38 bits per heavy atom. The number of hydrogen-bond acceptors (Lipinski definition) is 5. The summed E-state index contributed by atoms with van der Waals surface area (Å²) in [5, 5.41) is 8.52. The van der Waals surface area contributed by atoms with Crippen molar-refractivity contribution in [2.75, 3.05) is 5.75 Å². The lowest BCUT2D eigenvalue weighted by molar-refractivity contribution is -0.137. The van der Waals surface area contributed by atoms with E-state index >= 15 is 0 Å². The van der Waals surface area contributed by atoms with E-state index in [1.54, 1.807) is 18.2 Å². The van der Waals surface area contributed by atoms with Gasteiger partial charge >= 0.3 is 5.97 Å². The van der Waals surface area contributed by atoms with Crippen molar-refractivity contribution in [2.24, 2.45) is 5.73 Å². The molecule has 0 heterocycles. The van der Waals surface area contributed by atoms with E-state index in [1.165, 1.54) is 12.1 Å². The molecule has 0 unspecified atom stereocenters. The zero-order valence-electron chi connectivity index (χ0n) is 8.24. The molecule has 0 fully saturated rings. The molecule has 0 amide bonds. The second-order valence-electron chi connectivity index (χ2n) is 3.00. The summed E-state index contributed by atoms with van der Waals surface area (Å²) in [6.45, 7) is 0. The molecule has 1 atom stereocenters. The molecule has 0 saturated carbocycles. The molecule has 0 saturated heterocycles. The fourth-order valence-electron chi connectivity index (χ4n) is 0.889. The van der Waals surface area contributed by atoms with E-state index in [9.17, 15) is 13.2 Å². The molecule has 3 N–H and O–H groups in total. The van der Waals surface area contributed by atoms with Crippen LogP contribution in [0, 0.1) is 0 Å². The SMILES string of the molecule is N[C@H](CSS(=O)(=O)c1ccccc1)C(=O)O. The van der Waals surface area contributed by atoms with Crippen molar-refractivity contribution in [3.8, 4) is 0 Å². The van der Waals surface area contributed by atoms with Crippen molar-refractivity contribution in [1.82, 2.24) is 0 Å². The fraction of sp³-hybridized carbons (Fsp3) is 0.222. The third kappa shape index (κ3) is 3.51. The van der Waals surface area contributed by atoms with Crippen LogP contribution in [0.3, 0.4) is 0 Å². The van der Waals surface area contributed by atoms with Crippen LogP contribution < -0.4 is 5.73 Å². The Labute approximate surface area is 97.0 Å². The minimum Gasteiger partial charge on any atom is -0.480 e. The molecule has 0 aromatic heterocycles. The molecule has 1 aromatic rings. The topological polar surface area (TPSA) is 97.5 Å². The van der Waals surface area contributed by atoms with Gasteiger partial charge in [-0.15, -0.1) is 0 Å². The molecular formula is C9H11NO4S2. The van der Waals surface area contributed by atoms with Crippen molar-refractivity contribution in [2.45, 2.75) is 10.9 Å². The Hall–Kier alpha value is -1.05. The summed E-state index contributed by atoms with van der Waals surface area (Å²) in [5.41, 5.74) is 5.22. The van der Waals surface area contributed by atoms with Crippen molar-refractivity contribution in [3.05, 3.63) is 30.3 Å². The monoisotopic (exact) mass is 261 g/mol. The van der Waals surface area contributed by atoms with Gasteiger partial charge in [-0.05, 0) is 22.9 Å². The predicted octanol–water partition coefficient (Wildman–Crippen LogP) is 0.520. The van der Waals surface area contributed by atoms with E-state index in [1.807, 2.05) is 0 Å². The molecule has 1 aromatic carbocycles. The quantitative estimate of drug-likeness (QED) is 0.750. The van der Waals surface area contributed by atoms with Crippen molar-refractivity contribution in [3.63, 3.8) is 0 Å². The first kappa shape index (κ1) is 13.0. The molecule has 0 spiro atoms. The molecule has 1 rings (SSSR count). The summed E-state index contributed by atoms with van der Waals surface area (Å²) in [6, 6.07) is 6.63. The van der Waals surface area contributed by atoms with Crippen LogP contribution in [0.2, 0.25) is 0 Å². The molecule has 7 heteroatoms. The van der Waals surface area contributed by atoms with Gasteiger partial charge in [0.05, 0.1) is 4.90 Å². The zero-order chi connectivity index (χ0) is 12.2. The fourth-order valence-corrected chi connectivity index (χ4v) is 3.70. The minimum absolute atomic E-state index is 0.151. The summed E-state index contributed by atoms with van der Waals surface area (Å²) in [6.07, 6.45) is 0. The molecule has 5 nitrogen and oxygen atoms in total. The van der Waals surface area contributed by atoms with E-state index in [0.29, 0.717) is 10.8 Å². The van der Waals surface area contributed by atoms with Gasteiger partial charge in [0.25, 0.3) is 0 Å². The Balaban J connectivity index is 2.71. The first-order valence-electron chi connectivity index (χ1n) is 4.36. The van der Waals surface area contributed by atoms with Crippen LogP contribution in [-0.2, 0) is 13.7 Å². The smallest absolute Gasteiger partial charge is 0.321 e. The van der Waals surface area contributed by atoms with Crippen LogP contribution in [-0.4, -0.2) is 31.3 Å². The Morgan fingerprint density at radius 3 is 2.44 bits per heavy atom. The van der Waals surface area contributed by atoms with Crippen LogP contribution in [0.15, 0.2) is 35.2 Å². The summed E-state index contributed by atoms with van der Waals surface area (Å²) in [7, 11) is -2.98. The van der Waals surface area contributed by atoms with E-state index in [0.717, 1.165) is 0 Å². The number of nitrogens with two attached hydrogens (primary N) is 1. The summed E-state index contributed by atoms with van der Waals surface area (Å²) in [4.78, 5) is 10.6. The lowest BCUT2D eigenvalue weighted by atomic mass is 10.4. The van der Waals surface area contributed by atoms with Crippen LogP contribution in [0.4, 0.5) is 0 Å². The second-order valence-corrected chi connectivity index (χ2v) is 6.97. The third-order valence-electron chi connectivity index (χ3n) is 1.75. The van der Waals surface area contributed by atoms with Gasteiger partial charge in [-0.1, -0.05) is 18.2 Å². The molecular weight excluding hydrogens is 250 g/mol. The van der Waals surface area contributed by atoms with Gasteiger partial charge in [0.1, 0.15) is 6.04 Å². The molecule has 0 bridgehead atoms. The normalized spacial score (nSPS) is 13.3. The maximum absolute atomic E-state index is 11.7. The highest BCUT2D eigenvalue weighted by Gasteiger charge is 2.19. The van der Waals surface area contributed by atoms with Crippen LogP contribution in [0.1, 0.15) is 0 Å². The highest BCUT2D eigenvalue weighted by molar-refractivity contribution is 8.72. The number of carbonyl (C=O) groups is 1. The maximum Gasteiger partial charge on any atom is 0.321 e. The molecule has 88 valence electrons. The summed E-state index contributed by atoms with van der Waals surface area (Å²) >= 11 is 0. The highest BCUT2D eigenvalue weighted by Crippen LogP contribution is 2.23. The average molecular weight is 261 g/mol. The van der Waals surface area contributed by atoms with Gasteiger partial charge in [0.2, 0.25) is 8.87 Å². The van der Waals surface area contributed by atoms with Gasteiger partial charge in [-0.3, -0.25) is 4.79 Å². The molecule has 0 radical (unpaired) electrons. The number of rotatable bonds is 5. The van der Waals surface area contributed by atoms with Crippen molar-refractivity contribution < 1.29 is 18.3 Å². The van der Waals surface area contributed by atoms with Gasteiger partial charge < -0.3 is 10.8 Å². The number of aliphatic carboxylic acids is 1. The van der Waals surface area contributed by atoms with Crippen molar-refractivity contribution in [1.29, 1.82) is 0 Å². The Kier molecular flexibility index (Phi) is 4.34. The number of carboxylic acids is 1. The van der Waals surface area contributed by atoms with E-state index in [-0.39, 0.29) is 10.6 Å². The molecule has 16 heavy (non-hydrogen) atoms. The number of benzene rings is 1. The van der Waals surface area contributed by atoms with Crippen LogP contribution in [0.5, 0.6) is 0 Å². The van der Waals surface area contributed by atoms with Crippen molar-refractivity contribution >= 4 is 25.6 Å². The molecule has 0 aliphatic carbocycles. The minimum atomic E-state index is -3.52. The van der Waals surface area contributed by atoms with E-state index in [2.05, 4.69) is 0 Å². The van der Waals surface area contributed by atoms with Gasteiger partial charge in [0, 0.05) is 5.75 Å². The van der Waals surface area contributed by atoms with Gasteiger partial charge in [-0.25, -0.2) is 8.42 Å². The lowest BCUT2D eigenvalue weighted by Crippen LogP contribution is -2.32. The second kappa shape index (κ2) is 5.33. The van der Waals surface area contributed by atoms with Crippen LogP contribution in [0.25, 0.3) is 0 Å². The Bertz CT molecular complexity index is 458. The van der Waals surface area contributed by atoms with E-state index in [4.69, 9.17) is 10.8 Å². The zero-order valence-corrected chi connectivity index (χ0v) is 9.87. The predicted molar refractivity (Wildman–Crippen MR) is 61.7 cm³/mol. The largest absolute Gasteiger partial charge is 0.480 e. The standard InChI is InChI=1S/C9H11NO4S2/c10-8(9(11)12)6-15-16(13,14)7-4-2-1-3-5-7/h1-5,8H,6,10H2,(H,11,12)/t8-/m1/s1. The Morgan fingerprint density at radius 2 is 1.94 bits per heavy atom. The van der Waals surface area contributed by atoms with Gasteiger partial charge in [-0.2, -0.15) is 0 Å². The average Bonchev–Trinajstić information content (AvgIpc) is 2.27. The molecule has 0 aliphatic rings. The number of carboxylic acid groups (broad SMARTS) is 1. The van der Waals surface area contributed by atoms with E-state index < -0.39 is 20.9 Å². The maximum atomic E-state index is 11.7. The van der Waals surface area contributed by atoms with Gasteiger partial charge in [0.15, 0.2) is 0 Å². The molecule has 0 aliphatic heterocycles. The number of hydrogen-bond donors (Lipinski definition) is 2.